The molecule has 0 saturated heterocycles. The summed E-state index contributed by atoms with van der Waals surface area (Å²) in [5.41, 5.74) is 2.22. The molecule has 0 aliphatic carbocycles. The lowest BCUT2D eigenvalue weighted by Gasteiger charge is -2.06. The van der Waals surface area contributed by atoms with Crippen LogP contribution in [0.5, 0.6) is 0 Å². The second-order valence-corrected chi connectivity index (χ2v) is 4.62. The standard InChI is InChI=1S/C13H17ClO/c1-9(2)13(15)7-6-11-5-4-10(3)8-12(11)14/h4-5,8-9H,6-7H2,1-3H3. The molecule has 1 rings (SSSR count). The summed E-state index contributed by atoms with van der Waals surface area (Å²) >= 11 is 6.08. The Balaban J connectivity index is 2.62. The van der Waals surface area contributed by atoms with E-state index in [9.17, 15) is 4.79 Å². The molecule has 0 aliphatic rings. The van der Waals surface area contributed by atoms with Crippen LogP contribution >= 0.6 is 11.6 Å². The molecule has 0 amide bonds. The number of benzene rings is 1. The lowest BCUT2D eigenvalue weighted by atomic mass is 10.0. The van der Waals surface area contributed by atoms with Gasteiger partial charge in [-0.3, -0.25) is 4.79 Å². The third-order valence-corrected chi connectivity index (χ3v) is 2.85. The van der Waals surface area contributed by atoms with Crippen molar-refractivity contribution in [2.24, 2.45) is 5.92 Å². The molecule has 0 N–H and O–H groups in total. The predicted molar refractivity (Wildman–Crippen MR) is 64.4 cm³/mol. The maximum absolute atomic E-state index is 11.5. The van der Waals surface area contributed by atoms with Gasteiger partial charge in [0, 0.05) is 17.4 Å². The number of ketones is 1. The summed E-state index contributed by atoms with van der Waals surface area (Å²) in [4.78, 5) is 11.5. The minimum absolute atomic E-state index is 0.120. The van der Waals surface area contributed by atoms with Gasteiger partial charge in [0.2, 0.25) is 0 Å². The molecule has 1 aromatic carbocycles. The quantitative estimate of drug-likeness (QED) is 0.760. The summed E-state index contributed by atoms with van der Waals surface area (Å²) < 4.78 is 0. The zero-order chi connectivity index (χ0) is 11.4. The highest BCUT2D eigenvalue weighted by atomic mass is 35.5. The molecule has 0 radical (unpaired) electrons. The number of halogens is 1. The Morgan fingerprint density at radius 2 is 2.07 bits per heavy atom. The van der Waals surface area contributed by atoms with Gasteiger partial charge in [0.15, 0.2) is 0 Å². The van der Waals surface area contributed by atoms with E-state index < -0.39 is 0 Å². The van der Waals surface area contributed by atoms with Crippen LogP contribution in [0.15, 0.2) is 18.2 Å². The van der Waals surface area contributed by atoms with Gasteiger partial charge in [-0.25, -0.2) is 0 Å². The molecule has 15 heavy (non-hydrogen) atoms. The van der Waals surface area contributed by atoms with Crippen LogP contribution in [-0.4, -0.2) is 5.78 Å². The van der Waals surface area contributed by atoms with Gasteiger partial charge in [0.05, 0.1) is 0 Å². The predicted octanol–water partition coefficient (Wildman–Crippen LogP) is 3.81. The van der Waals surface area contributed by atoms with Crippen molar-refractivity contribution in [2.45, 2.75) is 33.6 Å². The van der Waals surface area contributed by atoms with Crippen molar-refractivity contribution in [1.82, 2.24) is 0 Å². The smallest absolute Gasteiger partial charge is 0.135 e. The fourth-order valence-electron chi connectivity index (χ4n) is 1.40. The van der Waals surface area contributed by atoms with E-state index in [2.05, 4.69) is 0 Å². The molecule has 0 atom stereocenters. The number of hydrogen-bond acceptors (Lipinski definition) is 1. The van der Waals surface area contributed by atoms with Crippen molar-refractivity contribution < 1.29 is 4.79 Å². The summed E-state index contributed by atoms with van der Waals surface area (Å²) in [7, 11) is 0. The highest BCUT2D eigenvalue weighted by Crippen LogP contribution is 2.19. The van der Waals surface area contributed by atoms with Crippen LogP contribution < -0.4 is 0 Å². The minimum atomic E-state index is 0.120. The Bertz CT molecular complexity index is 356. The topological polar surface area (TPSA) is 17.1 Å². The number of aryl methyl sites for hydroxylation is 2. The first kappa shape index (κ1) is 12.3. The summed E-state index contributed by atoms with van der Waals surface area (Å²) in [6.07, 6.45) is 1.33. The van der Waals surface area contributed by atoms with Crippen molar-refractivity contribution >= 4 is 17.4 Å². The zero-order valence-electron chi connectivity index (χ0n) is 9.51. The molecule has 2 heteroatoms. The van der Waals surface area contributed by atoms with Crippen molar-refractivity contribution in [3.05, 3.63) is 34.3 Å². The summed E-state index contributed by atoms with van der Waals surface area (Å²) in [6.45, 7) is 5.87. The fourth-order valence-corrected chi connectivity index (χ4v) is 1.73. The fraction of sp³-hybridized carbons (Fsp3) is 0.462. The van der Waals surface area contributed by atoms with Crippen molar-refractivity contribution in [3.63, 3.8) is 0 Å². The SMILES string of the molecule is Cc1ccc(CCC(=O)C(C)C)c(Cl)c1. The molecule has 1 aromatic rings. The molecule has 1 nitrogen and oxygen atoms in total. The average Bonchev–Trinajstić information content (AvgIpc) is 2.15. The first-order valence-corrected chi connectivity index (χ1v) is 5.66. The maximum Gasteiger partial charge on any atom is 0.135 e. The van der Waals surface area contributed by atoms with Gasteiger partial charge in [0.1, 0.15) is 5.78 Å². The molecule has 0 spiro atoms. The Morgan fingerprint density at radius 3 is 2.60 bits per heavy atom. The molecule has 0 saturated carbocycles. The van der Waals surface area contributed by atoms with Gasteiger partial charge in [0.25, 0.3) is 0 Å². The Kier molecular flexibility index (Phi) is 4.34. The number of Topliss-reactive ketones (excluding diaryl/α,β-unsaturated/α-hetero) is 1. The lowest BCUT2D eigenvalue weighted by Crippen LogP contribution is -2.07. The van der Waals surface area contributed by atoms with Gasteiger partial charge in [-0.1, -0.05) is 37.6 Å². The Labute approximate surface area is 96.5 Å². The molecular formula is C13H17ClO. The lowest BCUT2D eigenvalue weighted by molar-refractivity contribution is -0.121. The third kappa shape index (κ3) is 3.67. The molecule has 0 bridgehead atoms. The monoisotopic (exact) mass is 224 g/mol. The molecule has 0 unspecified atom stereocenters. The van der Waals surface area contributed by atoms with E-state index in [1.807, 2.05) is 39.0 Å². The van der Waals surface area contributed by atoms with E-state index in [1.54, 1.807) is 0 Å². The molecular weight excluding hydrogens is 208 g/mol. The van der Waals surface area contributed by atoms with Crippen LogP contribution in [0.25, 0.3) is 0 Å². The molecule has 0 aliphatic heterocycles. The van der Waals surface area contributed by atoms with Crippen LogP contribution in [0, 0.1) is 12.8 Å². The van der Waals surface area contributed by atoms with Crippen LogP contribution in [0.4, 0.5) is 0 Å². The Hall–Kier alpha value is -0.820. The van der Waals surface area contributed by atoms with Crippen LogP contribution in [-0.2, 0) is 11.2 Å². The minimum Gasteiger partial charge on any atom is -0.299 e. The second-order valence-electron chi connectivity index (χ2n) is 4.22. The number of carbonyl (C=O) groups excluding carboxylic acids is 1. The van der Waals surface area contributed by atoms with Crippen LogP contribution in [0.3, 0.4) is 0 Å². The molecule has 0 heterocycles. The molecule has 0 aromatic heterocycles. The van der Waals surface area contributed by atoms with E-state index in [0.29, 0.717) is 12.2 Å². The Morgan fingerprint density at radius 1 is 1.40 bits per heavy atom. The number of carbonyl (C=O) groups is 1. The first-order valence-electron chi connectivity index (χ1n) is 5.28. The first-order chi connectivity index (χ1) is 7.00. The van der Waals surface area contributed by atoms with E-state index in [0.717, 1.165) is 22.6 Å². The summed E-state index contributed by atoms with van der Waals surface area (Å²) in [5.74, 6) is 0.417. The van der Waals surface area contributed by atoms with E-state index >= 15 is 0 Å². The summed E-state index contributed by atoms with van der Waals surface area (Å²) in [6, 6.07) is 5.98. The summed E-state index contributed by atoms with van der Waals surface area (Å²) in [5, 5.41) is 0.770. The van der Waals surface area contributed by atoms with Gasteiger partial charge in [-0.15, -0.1) is 0 Å². The van der Waals surface area contributed by atoms with E-state index in [1.165, 1.54) is 0 Å². The second kappa shape index (κ2) is 5.32. The largest absolute Gasteiger partial charge is 0.299 e. The van der Waals surface area contributed by atoms with Crippen molar-refractivity contribution in [3.8, 4) is 0 Å². The maximum atomic E-state index is 11.5. The molecule has 0 fully saturated rings. The van der Waals surface area contributed by atoms with Crippen LogP contribution in [0.1, 0.15) is 31.4 Å². The number of hydrogen-bond donors (Lipinski definition) is 0. The number of rotatable bonds is 4. The average molecular weight is 225 g/mol. The van der Waals surface area contributed by atoms with Gasteiger partial charge in [-0.2, -0.15) is 0 Å². The highest BCUT2D eigenvalue weighted by Gasteiger charge is 2.08. The van der Waals surface area contributed by atoms with Crippen LogP contribution in [0.2, 0.25) is 5.02 Å². The van der Waals surface area contributed by atoms with Gasteiger partial charge < -0.3 is 0 Å². The normalized spacial score (nSPS) is 10.7. The van der Waals surface area contributed by atoms with Crippen molar-refractivity contribution in [1.29, 1.82) is 0 Å². The van der Waals surface area contributed by atoms with E-state index in [-0.39, 0.29) is 5.92 Å². The molecule has 82 valence electrons. The van der Waals surface area contributed by atoms with Gasteiger partial charge in [-0.05, 0) is 30.5 Å². The zero-order valence-corrected chi connectivity index (χ0v) is 10.3. The third-order valence-electron chi connectivity index (χ3n) is 2.49. The highest BCUT2D eigenvalue weighted by molar-refractivity contribution is 6.31. The van der Waals surface area contributed by atoms with Crippen molar-refractivity contribution in [2.75, 3.05) is 0 Å². The van der Waals surface area contributed by atoms with E-state index in [4.69, 9.17) is 11.6 Å². The van der Waals surface area contributed by atoms with Gasteiger partial charge >= 0.3 is 0 Å².